The minimum Gasteiger partial charge on any atom is -0.307 e. The number of nitrogens with one attached hydrogen (secondary N) is 1. The van der Waals surface area contributed by atoms with Gasteiger partial charge in [0.2, 0.25) is 0 Å². The van der Waals surface area contributed by atoms with Crippen LogP contribution in [0, 0.1) is 6.92 Å². The molecule has 1 aliphatic rings. The highest BCUT2D eigenvalue weighted by Crippen LogP contribution is 2.18. The Labute approximate surface area is 75.6 Å². The van der Waals surface area contributed by atoms with Crippen LogP contribution in [0.1, 0.15) is 16.8 Å². The van der Waals surface area contributed by atoms with Crippen LogP contribution in [0.15, 0.2) is 12.4 Å². The van der Waals surface area contributed by atoms with Gasteiger partial charge in [-0.1, -0.05) is 0 Å². The normalized spacial score (nSPS) is 15.2. The molecular weight excluding hydrogens is 164 g/mol. The van der Waals surface area contributed by atoms with Gasteiger partial charge in [0.15, 0.2) is 5.65 Å². The van der Waals surface area contributed by atoms with E-state index in [2.05, 4.69) is 15.4 Å². The molecule has 0 radical (unpaired) electrons. The second-order valence-corrected chi connectivity index (χ2v) is 3.43. The molecule has 4 nitrogen and oxygen atoms in total. The van der Waals surface area contributed by atoms with Gasteiger partial charge in [0, 0.05) is 31.0 Å². The molecule has 2 aromatic heterocycles. The molecule has 1 aliphatic heterocycles. The Morgan fingerprint density at radius 1 is 1.46 bits per heavy atom. The lowest BCUT2D eigenvalue weighted by atomic mass is 10.3. The molecule has 0 saturated heterocycles. The topological polar surface area (TPSA) is 42.2 Å². The first-order valence-corrected chi connectivity index (χ1v) is 4.38. The maximum Gasteiger partial charge on any atom is 0.159 e. The van der Waals surface area contributed by atoms with Crippen LogP contribution in [0.4, 0.5) is 0 Å². The van der Waals surface area contributed by atoms with Crippen LogP contribution < -0.4 is 5.32 Å². The van der Waals surface area contributed by atoms with Gasteiger partial charge in [-0.15, -0.1) is 0 Å². The Kier molecular flexibility index (Phi) is 1.24. The highest BCUT2D eigenvalue weighted by molar-refractivity contribution is 5.51. The van der Waals surface area contributed by atoms with Crippen molar-refractivity contribution in [3.8, 4) is 0 Å². The summed E-state index contributed by atoms with van der Waals surface area (Å²) in [6.45, 7) is 3.80. The fourth-order valence-corrected chi connectivity index (χ4v) is 1.75. The highest BCUT2D eigenvalue weighted by Gasteiger charge is 2.17. The predicted molar refractivity (Wildman–Crippen MR) is 48.3 cm³/mol. The molecule has 0 fully saturated rings. The summed E-state index contributed by atoms with van der Waals surface area (Å²) in [6.07, 6.45) is 3.90. The van der Waals surface area contributed by atoms with Crippen molar-refractivity contribution in [2.24, 2.45) is 0 Å². The number of rotatable bonds is 0. The Hall–Kier alpha value is -1.42. The molecule has 0 saturated carbocycles. The van der Waals surface area contributed by atoms with E-state index in [1.165, 1.54) is 5.56 Å². The number of hydrogen-bond acceptors (Lipinski definition) is 3. The number of aromatic nitrogens is 3. The zero-order chi connectivity index (χ0) is 8.84. The Morgan fingerprint density at radius 3 is 3.31 bits per heavy atom. The van der Waals surface area contributed by atoms with Crippen molar-refractivity contribution < 1.29 is 0 Å². The van der Waals surface area contributed by atoms with Gasteiger partial charge in [-0.3, -0.25) is 0 Å². The van der Waals surface area contributed by atoms with E-state index in [0.717, 1.165) is 30.0 Å². The summed E-state index contributed by atoms with van der Waals surface area (Å²) < 4.78 is 1.88. The monoisotopic (exact) mass is 174 g/mol. The molecule has 0 aliphatic carbocycles. The van der Waals surface area contributed by atoms with Crippen LogP contribution in [0.2, 0.25) is 0 Å². The lowest BCUT2D eigenvalue weighted by molar-refractivity contribution is 0.732. The van der Waals surface area contributed by atoms with E-state index in [1.807, 2.05) is 23.8 Å². The molecule has 0 bridgehead atoms. The van der Waals surface area contributed by atoms with Gasteiger partial charge in [0.05, 0.1) is 5.69 Å². The quantitative estimate of drug-likeness (QED) is 0.637. The summed E-state index contributed by atoms with van der Waals surface area (Å²) >= 11 is 0. The Bertz CT molecular complexity index is 472. The molecule has 3 heterocycles. The number of fused-ring (bicyclic) bond motifs is 3. The van der Waals surface area contributed by atoms with Crippen LogP contribution in [-0.4, -0.2) is 14.6 Å². The molecule has 66 valence electrons. The Balaban J connectivity index is 2.38. The summed E-state index contributed by atoms with van der Waals surface area (Å²) in [5.74, 6) is 0. The summed E-state index contributed by atoms with van der Waals surface area (Å²) in [6, 6.07) is 0. The van der Waals surface area contributed by atoms with E-state index < -0.39 is 0 Å². The van der Waals surface area contributed by atoms with E-state index in [-0.39, 0.29) is 0 Å². The fraction of sp³-hybridized carbons (Fsp3) is 0.333. The van der Waals surface area contributed by atoms with Crippen LogP contribution in [0.3, 0.4) is 0 Å². The van der Waals surface area contributed by atoms with Crippen molar-refractivity contribution in [3.63, 3.8) is 0 Å². The third kappa shape index (κ3) is 0.890. The van der Waals surface area contributed by atoms with Gasteiger partial charge in [0.1, 0.15) is 0 Å². The van der Waals surface area contributed by atoms with Gasteiger partial charge >= 0.3 is 0 Å². The average molecular weight is 174 g/mol. The SMILES string of the molecule is Cc1cnc2c3c(nn2c1)CNC3. The number of aryl methyl sites for hydroxylation is 1. The molecule has 0 atom stereocenters. The summed E-state index contributed by atoms with van der Waals surface area (Å²) in [7, 11) is 0. The maximum absolute atomic E-state index is 4.45. The Morgan fingerprint density at radius 2 is 2.38 bits per heavy atom. The smallest absolute Gasteiger partial charge is 0.159 e. The molecule has 0 aromatic carbocycles. The highest BCUT2D eigenvalue weighted by atomic mass is 15.3. The van der Waals surface area contributed by atoms with E-state index >= 15 is 0 Å². The van der Waals surface area contributed by atoms with Gasteiger partial charge in [-0.25, -0.2) is 9.50 Å². The van der Waals surface area contributed by atoms with Crippen molar-refractivity contribution in [2.75, 3.05) is 0 Å². The molecule has 0 spiro atoms. The molecule has 4 heteroatoms. The molecule has 3 rings (SSSR count). The number of hydrogen-bond donors (Lipinski definition) is 1. The number of nitrogens with zero attached hydrogens (tertiary/aromatic N) is 3. The molecule has 0 unspecified atom stereocenters. The lowest BCUT2D eigenvalue weighted by Gasteiger charge is -1.96. The van der Waals surface area contributed by atoms with Crippen LogP contribution >= 0.6 is 0 Å². The molecular formula is C9H10N4. The van der Waals surface area contributed by atoms with E-state index in [0.29, 0.717) is 0 Å². The summed E-state index contributed by atoms with van der Waals surface area (Å²) in [5.41, 5.74) is 4.52. The third-order valence-electron chi connectivity index (χ3n) is 2.37. The summed E-state index contributed by atoms with van der Waals surface area (Å²) in [4.78, 5) is 4.37. The predicted octanol–water partition coefficient (Wildman–Crippen LogP) is 0.641. The van der Waals surface area contributed by atoms with Gasteiger partial charge in [-0.05, 0) is 12.5 Å². The zero-order valence-corrected chi connectivity index (χ0v) is 7.41. The van der Waals surface area contributed by atoms with Crippen molar-refractivity contribution in [3.05, 3.63) is 29.2 Å². The first kappa shape index (κ1) is 7.03. The van der Waals surface area contributed by atoms with Gasteiger partial charge in [0.25, 0.3) is 0 Å². The molecule has 13 heavy (non-hydrogen) atoms. The largest absolute Gasteiger partial charge is 0.307 e. The second kappa shape index (κ2) is 2.29. The van der Waals surface area contributed by atoms with Crippen LogP contribution in [0.5, 0.6) is 0 Å². The fourth-order valence-electron chi connectivity index (χ4n) is 1.75. The van der Waals surface area contributed by atoms with Crippen molar-refractivity contribution >= 4 is 5.65 Å². The minimum absolute atomic E-state index is 0.873. The first-order valence-electron chi connectivity index (χ1n) is 4.38. The lowest BCUT2D eigenvalue weighted by Crippen LogP contribution is -2.04. The zero-order valence-electron chi connectivity index (χ0n) is 7.41. The van der Waals surface area contributed by atoms with Gasteiger partial charge in [-0.2, -0.15) is 5.10 Å². The average Bonchev–Trinajstić information content (AvgIpc) is 2.62. The van der Waals surface area contributed by atoms with Crippen LogP contribution in [-0.2, 0) is 13.1 Å². The van der Waals surface area contributed by atoms with E-state index in [9.17, 15) is 0 Å². The minimum atomic E-state index is 0.873. The van der Waals surface area contributed by atoms with E-state index in [1.54, 1.807) is 0 Å². The van der Waals surface area contributed by atoms with Gasteiger partial charge < -0.3 is 5.32 Å². The third-order valence-corrected chi connectivity index (χ3v) is 2.37. The first-order chi connectivity index (χ1) is 6.34. The summed E-state index contributed by atoms with van der Waals surface area (Å²) in [5, 5.41) is 7.70. The van der Waals surface area contributed by atoms with Crippen molar-refractivity contribution in [2.45, 2.75) is 20.0 Å². The molecule has 2 aromatic rings. The van der Waals surface area contributed by atoms with Crippen molar-refractivity contribution in [1.82, 2.24) is 19.9 Å². The molecule has 0 amide bonds. The van der Waals surface area contributed by atoms with E-state index in [4.69, 9.17) is 0 Å². The molecule has 1 N–H and O–H groups in total. The standard InChI is InChI=1S/C9H10N4/c1-6-2-11-9-7-3-10-4-8(7)12-13(9)5-6/h2,5,10H,3-4H2,1H3. The maximum atomic E-state index is 4.45. The van der Waals surface area contributed by atoms with Crippen molar-refractivity contribution in [1.29, 1.82) is 0 Å². The second-order valence-electron chi connectivity index (χ2n) is 3.43. The van der Waals surface area contributed by atoms with Crippen LogP contribution in [0.25, 0.3) is 5.65 Å².